The first-order valence-electron chi connectivity index (χ1n) is 6.76. The molecule has 2 heterocycles. The molecule has 1 aromatic heterocycles. The molecule has 0 aliphatic carbocycles. The Labute approximate surface area is 124 Å². The van der Waals surface area contributed by atoms with Crippen LogP contribution in [0.4, 0.5) is 0 Å². The second kappa shape index (κ2) is 7.02. The van der Waals surface area contributed by atoms with Crippen molar-refractivity contribution in [2.24, 2.45) is 0 Å². The van der Waals surface area contributed by atoms with Crippen LogP contribution in [-0.2, 0) is 4.74 Å². The van der Waals surface area contributed by atoms with Gasteiger partial charge >= 0.3 is 0 Å². The molecule has 1 aromatic rings. The Kier molecular flexibility index (Phi) is 5.34. The Morgan fingerprint density at radius 1 is 1.55 bits per heavy atom. The van der Waals surface area contributed by atoms with Crippen LogP contribution in [0.25, 0.3) is 0 Å². The van der Waals surface area contributed by atoms with E-state index in [2.05, 4.69) is 16.8 Å². The number of amides is 1. The number of hydrogen-bond donors (Lipinski definition) is 0. The third-order valence-corrected chi connectivity index (χ3v) is 3.73. The van der Waals surface area contributed by atoms with Gasteiger partial charge in [-0.1, -0.05) is 11.6 Å². The van der Waals surface area contributed by atoms with Gasteiger partial charge in [-0.3, -0.25) is 9.69 Å². The molecule has 1 amide bonds. The first kappa shape index (κ1) is 15.2. The third kappa shape index (κ3) is 3.91. The number of carbonyl (C=O) groups is 1. The van der Waals surface area contributed by atoms with Crippen molar-refractivity contribution in [2.45, 2.75) is 13.0 Å². The number of pyridine rings is 1. The number of hydrogen-bond acceptors (Lipinski definition) is 4. The van der Waals surface area contributed by atoms with E-state index in [0.29, 0.717) is 23.3 Å². The third-order valence-electron chi connectivity index (χ3n) is 3.53. The molecular weight excluding hydrogens is 278 g/mol. The number of likely N-dealkylation sites (N-methyl/N-ethyl adjacent to an activating group) is 1. The normalized spacial score (nSPS) is 17.8. The maximum Gasteiger partial charge on any atom is 0.253 e. The molecule has 110 valence electrons. The predicted octanol–water partition coefficient (Wildman–Crippen LogP) is 1.53. The van der Waals surface area contributed by atoms with Crippen molar-refractivity contribution in [1.29, 1.82) is 0 Å². The van der Waals surface area contributed by atoms with E-state index >= 15 is 0 Å². The largest absolute Gasteiger partial charge is 0.379 e. The standard InChI is InChI=1S/C14H20ClN3O2/c1-11(18-5-7-20-8-6-18)10-17(2)14(19)12-3-4-16-13(15)9-12/h3-4,9,11H,5-8,10H2,1-2H3/t11-/m1/s1. The Balaban J connectivity index is 1.93. The van der Waals surface area contributed by atoms with Gasteiger partial charge in [0.25, 0.3) is 5.91 Å². The highest BCUT2D eigenvalue weighted by atomic mass is 35.5. The summed E-state index contributed by atoms with van der Waals surface area (Å²) in [7, 11) is 1.81. The van der Waals surface area contributed by atoms with E-state index in [9.17, 15) is 4.79 Å². The zero-order valence-electron chi connectivity index (χ0n) is 11.9. The summed E-state index contributed by atoms with van der Waals surface area (Å²) in [4.78, 5) is 20.3. The minimum atomic E-state index is -0.0330. The van der Waals surface area contributed by atoms with Gasteiger partial charge in [-0.2, -0.15) is 0 Å². The minimum Gasteiger partial charge on any atom is -0.379 e. The van der Waals surface area contributed by atoms with Crippen molar-refractivity contribution in [1.82, 2.24) is 14.8 Å². The molecule has 1 fully saturated rings. The molecule has 1 aliphatic heterocycles. The predicted molar refractivity (Wildman–Crippen MR) is 78.1 cm³/mol. The van der Waals surface area contributed by atoms with Crippen molar-refractivity contribution >= 4 is 17.5 Å². The first-order valence-corrected chi connectivity index (χ1v) is 7.14. The van der Waals surface area contributed by atoms with Crippen LogP contribution >= 0.6 is 11.6 Å². The Morgan fingerprint density at radius 3 is 2.90 bits per heavy atom. The van der Waals surface area contributed by atoms with Crippen molar-refractivity contribution in [3.05, 3.63) is 29.0 Å². The summed E-state index contributed by atoms with van der Waals surface area (Å²) in [6.45, 7) is 6.19. The lowest BCUT2D eigenvalue weighted by Crippen LogP contribution is -2.47. The fourth-order valence-corrected chi connectivity index (χ4v) is 2.54. The van der Waals surface area contributed by atoms with Gasteiger partial charge < -0.3 is 9.64 Å². The van der Waals surface area contributed by atoms with Crippen LogP contribution in [0.15, 0.2) is 18.3 Å². The second-order valence-electron chi connectivity index (χ2n) is 5.05. The summed E-state index contributed by atoms with van der Waals surface area (Å²) >= 11 is 5.82. The molecule has 0 spiro atoms. The van der Waals surface area contributed by atoms with E-state index in [1.807, 2.05) is 7.05 Å². The Morgan fingerprint density at radius 2 is 2.25 bits per heavy atom. The molecule has 20 heavy (non-hydrogen) atoms. The fourth-order valence-electron chi connectivity index (χ4n) is 2.37. The number of aromatic nitrogens is 1. The lowest BCUT2D eigenvalue weighted by Gasteiger charge is -2.34. The molecule has 0 aromatic carbocycles. The van der Waals surface area contributed by atoms with Crippen LogP contribution in [0, 0.1) is 0 Å². The minimum absolute atomic E-state index is 0.0330. The maximum atomic E-state index is 12.3. The highest BCUT2D eigenvalue weighted by Gasteiger charge is 2.21. The average molecular weight is 298 g/mol. The van der Waals surface area contributed by atoms with Crippen LogP contribution in [0.5, 0.6) is 0 Å². The molecule has 2 rings (SSSR count). The number of nitrogens with zero attached hydrogens (tertiary/aromatic N) is 3. The van der Waals surface area contributed by atoms with Crippen LogP contribution in [0.2, 0.25) is 5.15 Å². The topological polar surface area (TPSA) is 45.7 Å². The Bertz CT molecular complexity index is 463. The van der Waals surface area contributed by atoms with E-state index in [1.165, 1.54) is 0 Å². The van der Waals surface area contributed by atoms with Gasteiger partial charge in [0.2, 0.25) is 0 Å². The summed E-state index contributed by atoms with van der Waals surface area (Å²) in [5.74, 6) is -0.0330. The van der Waals surface area contributed by atoms with E-state index in [-0.39, 0.29) is 5.91 Å². The molecule has 0 N–H and O–H groups in total. The van der Waals surface area contributed by atoms with E-state index in [4.69, 9.17) is 16.3 Å². The molecule has 0 radical (unpaired) electrons. The fraction of sp³-hybridized carbons (Fsp3) is 0.571. The quantitative estimate of drug-likeness (QED) is 0.791. The molecular formula is C14H20ClN3O2. The lowest BCUT2D eigenvalue weighted by molar-refractivity contribution is 0.0142. The smallest absolute Gasteiger partial charge is 0.253 e. The molecule has 0 saturated carbocycles. The molecule has 1 saturated heterocycles. The Hall–Kier alpha value is -1.17. The summed E-state index contributed by atoms with van der Waals surface area (Å²) in [5, 5.41) is 0.338. The number of halogens is 1. The van der Waals surface area contributed by atoms with Crippen molar-refractivity contribution in [3.63, 3.8) is 0 Å². The van der Waals surface area contributed by atoms with Gasteiger partial charge in [0.15, 0.2) is 0 Å². The SMILES string of the molecule is C[C@H](CN(C)C(=O)c1ccnc(Cl)c1)N1CCOCC1. The number of morpholine rings is 1. The van der Waals surface area contributed by atoms with E-state index < -0.39 is 0 Å². The highest BCUT2D eigenvalue weighted by Crippen LogP contribution is 2.11. The van der Waals surface area contributed by atoms with Gasteiger partial charge in [0.05, 0.1) is 13.2 Å². The number of rotatable bonds is 4. The van der Waals surface area contributed by atoms with E-state index in [0.717, 1.165) is 26.3 Å². The monoisotopic (exact) mass is 297 g/mol. The van der Waals surface area contributed by atoms with Crippen molar-refractivity contribution in [3.8, 4) is 0 Å². The van der Waals surface area contributed by atoms with Gasteiger partial charge in [0.1, 0.15) is 5.15 Å². The van der Waals surface area contributed by atoms with Crippen LogP contribution < -0.4 is 0 Å². The second-order valence-corrected chi connectivity index (χ2v) is 5.44. The van der Waals surface area contributed by atoms with Crippen LogP contribution in [0.1, 0.15) is 17.3 Å². The van der Waals surface area contributed by atoms with Gasteiger partial charge in [-0.15, -0.1) is 0 Å². The maximum absolute atomic E-state index is 12.3. The van der Waals surface area contributed by atoms with Crippen molar-refractivity contribution < 1.29 is 9.53 Å². The zero-order valence-corrected chi connectivity index (χ0v) is 12.6. The molecule has 1 atom stereocenters. The molecule has 0 unspecified atom stereocenters. The van der Waals surface area contributed by atoms with Gasteiger partial charge in [-0.25, -0.2) is 4.98 Å². The molecule has 1 aliphatic rings. The summed E-state index contributed by atoms with van der Waals surface area (Å²) in [6, 6.07) is 3.59. The number of ether oxygens (including phenoxy) is 1. The molecule has 5 nitrogen and oxygen atoms in total. The zero-order chi connectivity index (χ0) is 14.5. The number of carbonyl (C=O) groups excluding carboxylic acids is 1. The summed E-state index contributed by atoms with van der Waals surface area (Å²) < 4.78 is 5.34. The van der Waals surface area contributed by atoms with Crippen molar-refractivity contribution in [2.75, 3.05) is 39.9 Å². The van der Waals surface area contributed by atoms with Gasteiger partial charge in [-0.05, 0) is 19.1 Å². The molecule has 0 bridgehead atoms. The first-order chi connectivity index (χ1) is 9.58. The van der Waals surface area contributed by atoms with Crippen LogP contribution in [-0.4, -0.2) is 66.6 Å². The highest BCUT2D eigenvalue weighted by molar-refractivity contribution is 6.29. The lowest BCUT2D eigenvalue weighted by atomic mass is 10.2. The van der Waals surface area contributed by atoms with Gasteiger partial charge in [0, 0.05) is 44.5 Å². The van der Waals surface area contributed by atoms with E-state index in [1.54, 1.807) is 23.2 Å². The molecule has 6 heteroatoms. The summed E-state index contributed by atoms with van der Waals surface area (Å²) in [5.41, 5.74) is 0.571. The van der Waals surface area contributed by atoms with Crippen LogP contribution in [0.3, 0.4) is 0 Å². The summed E-state index contributed by atoms with van der Waals surface area (Å²) in [6.07, 6.45) is 1.55. The average Bonchev–Trinajstić information content (AvgIpc) is 2.47.